The van der Waals surface area contributed by atoms with Crippen LogP contribution in [0.25, 0.3) is 0 Å². The molecule has 0 bridgehead atoms. The maximum Gasteiger partial charge on any atom is 0.331 e. The van der Waals surface area contributed by atoms with Crippen LogP contribution in [0.15, 0.2) is 21.7 Å². The smallest absolute Gasteiger partial charge is 0.331 e. The fourth-order valence-corrected chi connectivity index (χ4v) is 0.935. The molecule has 1 aromatic rings. The molecular formula is C8H10N2O4. The first kappa shape index (κ1) is 10.2. The van der Waals surface area contributed by atoms with Gasteiger partial charge in [-0.3, -0.25) is 14.7 Å². The third-order valence-electron chi connectivity index (χ3n) is 1.90. The standard InChI is InChI=1S/C8H10N2O4/c1-8(2,7(13)14)10-6(12)4-3-5(11)9-10/h3-4H,1-2H3,(H,9,11)(H,13,14). The molecule has 0 radical (unpaired) electrons. The lowest BCUT2D eigenvalue weighted by Crippen LogP contribution is -2.46. The molecule has 1 rings (SSSR count). The van der Waals surface area contributed by atoms with Crippen LogP contribution < -0.4 is 11.1 Å². The highest BCUT2D eigenvalue weighted by Gasteiger charge is 2.30. The van der Waals surface area contributed by atoms with Gasteiger partial charge in [-0.15, -0.1) is 0 Å². The summed E-state index contributed by atoms with van der Waals surface area (Å²) in [4.78, 5) is 33.0. The Hall–Kier alpha value is -1.85. The minimum Gasteiger partial charge on any atom is -0.479 e. The van der Waals surface area contributed by atoms with Crippen molar-refractivity contribution in [2.24, 2.45) is 0 Å². The minimum absolute atomic E-state index is 0.515. The number of rotatable bonds is 2. The van der Waals surface area contributed by atoms with Crippen molar-refractivity contribution >= 4 is 5.97 Å². The summed E-state index contributed by atoms with van der Waals surface area (Å²) >= 11 is 0. The predicted octanol–water partition coefficient (Wildman–Crippen LogP) is -0.644. The zero-order valence-electron chi connectivity index (χ0n) is 7.77. The lowest BCUT2D eigenvalue weighted by atomic mass is 10.1. The zero-order valence-corrected chi connectivity index (χ0v) is 7.77. The van der Waals surface area contributed by atoms with E-state index in [-0.39, 0.29) is 0 Å². The molecule has 0 aliphatic heterocycles. The van der Waals surface area contributed by atoms with Gasteiger partial charge in [-0.05, 0) is 13.8 Å². The normalized spacial score (nSPS) is 11.3. The fourth-order valence-electron chi connectivity index (χ4n) is 0.935. The van der Waals surface area contributed by atoms with Crippen molar-refractivity contribution in [3.8, 4) is 0 Å². The average molecular weight is 198 g/mol. The Morgan fingerprint density at radius 1 is 1.43 bits per heavy atom. The number of hydrogen-bond donors (Lipinski definition) is 2. The lowest BCUT2D eigenvalue weighted by molar-refractivity contribution is -0.146. The van der Waals surface area contributed by atoms with E-state index in [4.69, 9.17) is 5.11 Å². The van der Waals surface area contributed by atoms with E-state index in [0.29, 0.717) is 0 Å². The van der Waals surface area contributed by atoms with E-state index < -0.39 is 22.6 Å². The van der Waals surface area contributed by atoms with Crippen molar-refractivity contribution in [3.05, 3.63) is 32.8 Å². The number of carbonyl (C=O) groups is 1. The summed E-state index contributed by atoms with van der Waals surface area (Å²) in [6, 6.07) is 2.08. The second kappa shape index (κ2) is 3.13. The van der Waals surface area contributed by atoms with Crippen LogP contribution in [0.4, 0.5) is 0 Å². The molecule has 0 spiro atoms. The van der Waals surface area contributed by atoms with Crippen LogP contribution in [-0.2, 0) is 10.3 Å². The number of aromatic nitrogens is 2. The van der Waals surface area contributed by atoms with Gasteiger partial charge in [0, 0.05) is 12.1 Å². The Morgan fingerprint density at radius 2 is 2.00 bits per heavy atom. The predicted molar refractivity (Wildman–Crippen MR) is 48.3 cm³/mol. The Bertz CT molecular complexity index is 469. The van der Waals surface area contributed by atoms with Crippen molar-refractivity contribution in [3.63, 3.8) is 0 Å². The maximum absolute atomic E-state index is 11.3. The van der Waals surface area contributed by atoms with E-state index in [1.54, 1.807) is 0 Å². The molecule has 6 nitrogen and oxygen atoms in total. The van der Waals surface area contributed by atoms with E-state index >= 15 is 0 Å². The highest BCUT2D eigenvalue weighted by molar-refractivity contribution is 5.75. The Kier molecular flexibility index (Phi) is 2.29. The van der Waals surface area contributed by atoms with Gasteiger partial charge in [-0.1, -0.05) is 0 Å². The van der Waals surface area contributed by atoms with Crippen molar-refractivity contribution in [1.82, 2.24) is 9.78 Å². The molecule has 0 saturated carbocycles. The zero-order chi connectivity index (χ0) is 10.9. The molecule has 1 heterocycles. The number of aromatic amines is 1. The van der Waals surface area contributed by atoms with Gasteiger partial charge < -0.3 is 5.11 Å². The van der Waals surface area contributed by atoms with Gasteiger partial charge in [0.25, 0.3) is 11.1 Å². The number of nitrogens with zero attached hydrogens (tertiary/aromatic N) is 1. The molecule has 0 saturated heterocycles. The SMILES string of the molecule is CC(C)(C(=O)O)n1[nH]c(=O)ccc1=O. The first-order chi connectivity index (χ1) is 6.35. The largest absolute Gasteiger partial charge is 0.479 e. The summed E-state index contributed by atoms with van der Waals surface area (Å²) in [6.07, 6.45) is 0. The summed E-state index contributed by atoms with van der Waals surface area (Å²) in [5.41, 5.74) is -2.53. The van der Waals surface area contributed by atoms with Gasteiger partial charge in [0.2, 0.25) is 0 Å². The van der Waals surface area contributed by atoms with Crippen LogP contribution in [0, 0.1) is 0 Å². The van der Waals surface area contributed by atoms with Crippen molar-refractivity contribution in [1.29, 1.82) is 0 Å². The van der Waals surface area contributed by atoms with Crippen LogP contribution in [0.5, 0.6) is 0 Å². The molecule has 0 fully saturated rings. The van der Waals surface area contributed by atoms with E-state index in [9.17, 15) is 14.4 Å². The Labute approximate surface area is 78.8 Å². The van der Waals surface area contributed by atoms with Crippen LogP contribution >= 0.6 is 0 Å². The number of H-pyrrole nitrogens is 1. The lowest BCUT2D eigenvalue weighted by Gasteiger charge is -2.20. The number of hydrogen-bond acceptors (Lipinski definition) is 3. The maximum atomic E-state index is 11.3. The average Bonchev–Trinajstić information content (AvgIpc) is 2.08. The van der Waals surface area contributed by atoms with Gasteiger partial charge >= 0.3 is 5.97 Å². The molecule has 6 heteroatoms. The number of carboxylic acids is 1. The molecule has 14 heavy (non-hydrogen) atoms. The topological polar surface area (TPSA) is 92.2 Å². The first-order valence-electron chi connectivity index (χ1n) is 3.92. The number of nitrogens with one attached hydrogen (secondary N) is 1. The highest BCUT2D eigenvalue weighted by Crippen LogP contribution is 2.09. The summed E-state index contributed by atoms with van der Waals surface area (Å²) in [6.45, 7) is 2.65. The monoisotopic (exact) mass is 198 g/mol. The third kappa shape index (κ3) is 1.59. The molecule has 0 aromatic carbocycles. The summed E-state index contributed by atoms with van der Waals surface area (Å²) in [5, 5.41) is 11.0. The van der Waals surface area contributed by atoms with E-state index in [0.717, 1.165) is 16.8 Å². The van der Waals surface area contributed by atoms with Crippen LogP contribution in [0.1, 0.15) is 13.8 Å². The fraction of sp³-hybridized carbons (Fsp3) is 0.375. The molecule has 1 aromatic heterocycles. The van der Waals surface area contributed by atoms with Crippen LogP contribution in [0.3, 0.4) is 0 Å². The number of aliphatic carboxylic acids is 1. The van der Waals surface area contributed by atoms with Crippen molar-refractivity contribution < 1.29 is 9.90 Å². The quantitative estimate of drug-likeness (QED) is 0.660. The first-order valence-corrected chi connectivity index (χ1v) is 3.92. The van der Waals surface area contributed by atoms with Gasteiger partial charge in [0.15, 0.2) is 5.54 Å². The highest BCUT2D eigenvalue weighted by atomic mass is 16.4. The van der Waals surface area contributed by atoms with Gasteiger partial charge in [0.05, 0.1) is 0 Å². The van der Waals surface area contributed by atoms with Crippen LogP contribution in [0.2, 0.25) is 0 Å². The molecule has 0 amide bonds. The Balaban J connectivity index is 3.46. The minimum atomic E-state index is -1.46. The molecule has 2 N–H and O–H groups in total. The third-order valence-corrected chi connectivity index (χ3v) is 1.90. The number of carboxylic acid groups (broad SMARTS) is 1. The van der Waals surface area contributed by atoms with Gasteiger partial charge in [0.1, 0.15) is 0 Å². The molecule has 0 atom stereocenters. The second-order valence-electron chi connectivity index (χ2n) is 3.35. The summed E-state index contributed by atoms with van der Waals surface area (Å²) in [5.74, 6) is -1.19. The summed E-state index contributed by atoms with van der Waals surface area (Å²) < 4.78 is 0.789. The van der Waals surface area contributed by atoms with Crippen molar-refractivity contribution in [2.75, 3.05) is 0 Å². The molecule has 0 unspecified atom stereocenters. The summed E-state index contributed by atoms with van der Waals surface area (Å²) in [7, 11) is 0. The van der Waals surface area contributed by atoms with Crippen LogP contribution in [-0.4, -0.2) is 20.9 Å². The molecular weight excluding hydrogens is 188 g/mol. The van der Waals surface area contributed by atoms with Crippen molar-refractivity contribution in [2.45, 2.75) is 19.4 Å². The van der Waals surface area contributed by atoms with Gasteiger partial charge in [-0.2, -0.15) is 0 Å². The Morgan fingerprint density at radius 3 is 2.50 bits per heavy atom. The second-order valence-corrected chi connectivity index (χ2v) is 3.35. The van der Waals surface area contributed by atoms with E-state index in [1.165, 1.54) is 13.8 Å². The van der Waals surface area contributed by atoms with Gasteiger partial charge in [-0.25, -0.2) is 9.48 Å². The van der Waals surface area contributed by atoms with E-state index in [1.807, 2.05) is 0 Å². The van der Waals surface area contributed by atoms with E-state index in [2.05, 4.69) is 5.10 Å². The molecule has 0 aliphatic carbocycles. The molecule has 0 aliphatic rings. The molecule has 76 valence electrons.